The molecule has 174 valence electrons. The number of nitrogens with zero attached hydrogens (tertiary/aromatic N) is 3. The smallest absolute Gasteiger partial charge is 0.310 e. The van der Waals surface area contributed by atoms with E-state index in [-0.39, 0.29) is 36.2 Å². The minimum Gasteiger partial charge on any atom is -0.466 e. The molecule has 0 saturated carbocycles. The molecule has 2 aliphatic heterocycles. The van der Waals surface area contributed by atoms with Gasteiger partial charge in [-0.3, -0.25) is 14.5 Å². The molecule has 0 radical (unpaired) electrons. The van der Waals surface area contributed by atoms with E-state index in [1.807, 2.05) is 23.1 Å². The van der Waals surface area contributed by atoms with Crippen LogP contribution in [0.2, 0.25) is 5.02 Å². The number of benzene rings is 2. The molecule has 2 heterocycles. The van der Waals surface area contributed by atoms with Crippen LogP contribution in [0.4, 0.5) is 4.39 Å². The standard InChI is InChI=1S/C25H27ClFN3O3/c1-2-33-25(32)18-6-5-13-29(15-18)16-24(31)30-23(20-7-3-4-8-21(20)26)14-22(28-30)17-9-11-19(27)12-10-17/h3-4,7-12,18,23H,2,5-6,13-16H2,1H3/t18-,23-/m0/s1. The van der Waals surface area contributed by atoms with Crippen LogP contribution in [-0.2, 0) is 14.3 Å². The van der Waals surface area contributed by atoms with E-state index in [0.717, 1.165) is 30.5 Å². The number of piperidine rings is 1. The summed E-state index contributed by atoms with van der Waals surface area (Å²) < 4.78 is 18.6. The lowest BCUT2D eigenvalue weighted by Gasteiger charge is -2.32. The number of carbonyl (C=O) groups is 2. The van der Waals surface area contributed by atoms with Gasteiger partial charge in [0.15, 0.2) is 0 Å². The third-order valence-corrected chi connectivity index (χ3v) is 6.44. The molecule has 8 heteroatoms. The van der Waals surface area contributed by atoms with E-state index < -0.39 is 0 Å². The number of hydrogen-bond donors (Lipinski definition) is 0. The van der Waals surface area contributed by atoms with Crippen LogP contribution >= 0.6 is 11.6 Å². The van der Waals surface area contributed by atoms with Crippen molar-refractivity contribution in [1.82, 2.24) is 9.91 Å². The Balaban J connectivity index is 1.55. The summed E-state index contributed by atoms with van der Waals surface area (Å²) in [7, 11) is 0. The molecule has 1 fully saturated rings. The van der Waals surface area contributed by atoms with Crippen molar-refractivity contribution in [2.75, 3.05) is 26.2 Å². The first-order valence-electron chi connectivity index (χ1n) is 11.2. The average Bonchev–Trinajstić information content (AvgIpc) is 3.25. The monoisotopic (exact) mass is 471 g/mol. The summed E-state index contributed by atoms with van der Waals surface area (Å²) in [5.74, 6) is -0.917. The number of esters is 1. The van der Waals surface area contributed by atoms with Crippen LogP contribution in [0.5, 0.6) is 0 Å². The first kappa shape index (κ1) is 23.4. The Bertz CT molecular complexity index is 1040. The molecule has 0 unspecified atom stereocenters. The quantitative estimate of drug-likeness (QED) is 0.585. The molecule has 2 aliphatic rings. The summed E-state index contributed by atoms with van der Waals surface area (Å²) in [5.41, 5.74) is 2.29. The average molecular weight is 472 g/mol. The van der Waals surface area contributed by atoms with Gasteiger partial charge in [0.1, 0.15) is 5.82 Å². The largest absolute Gasteiger partial charge is 0.466 e. The highest BCUT2D eigenvalue weighted by Gasteiger charge is 2.36. The number of hydrazone groups is 1. The van der Waals surface area contributed by atoms with Gasteiger partial charge in [-0.2, -0.15) is 5.10 Å². The Hall–Kier alpha value is -2.77. The SMILES string of the molecule is CCOC(=O)[C@H]1CCCN(CC(=O)N2N=C(c3ccc(F)cc3)C[C@H]2c2ccccc2Cl)C1. The van der Waals surface area contributed by atoms with Gasteiger partial charge in [-0.15, -0.1) is 0 Å². The molecule has 2 atom stereocenters. The normalized spacial score (nSPS) is 21.1. The molecule has 2 aromatic rings. The predicted octanol–water partition coefficient (Wildman–Crippen LogP) is 4.43. The fraction of sp³-hybridized carbons (Fsp3) is 0.400. The minimum absolute atomic E-state index is 0.150. The molecule has 2 aromatic carbocycles. The van der Waals surface area contributed by atoms with Gasteiger partial charge in [0, 0.05) is 18.0 Å². The van der Waals surface area contributed by atoms with Crippen molar-refractivity contribution in [2.24, 2.45) is 11.0 Å². The number of hydrogen-bond acceptors (Lipinski definition) is 5. The number of likely N-dealkylation sites (tertiary alicyclic amines) is 1. The summed E-state index contributed by atoms with van der Waals surface area (Å²) in [5, 5.41) is 6.70. The molecule has 1 amide bonds. The first-order valence-corrected chi connectivity index (χ1v) is 11.6. The molecule has 0 aromatic heterocycles. The lowest BCUT2D eigenvalue weighted by atomic mass is 9.97. The van der Waals surface area contributed by atoms with Crippen molar-refractivity contribution in [3.63, 3.8) is 0 Å². The van der Waals surface area contributed by atoms with E-state index in [1.165, 1.54) is 17.1 Å². The predicted molar refractivity (Wildman–Crippen MR) is 124 cm³/mol. The number of rotatable bonds is 6. The van der Waals surface area contributed by atoms with Crippen LogP contribution in [0.25, 0.3) is 0 Å². The second-order valence-electron chi connectivity index (χ2n) is 8.36. The van der Waals surface area contributed by atoms with Crippen molar-refractivity contribution >= 4 is 29.2 Å². The number of ether oxygens (including phenoxy) is 1. The third-order valence-electron chi connectivity index (χ3n) is 6.09. The van der Waals surface area contributed by atoms with Gasteiger partial charge in [-0.1, -0.05) is 41.9 Å². The maximum atomic E-state index is 13.4. The van der Waals surface area contributed by atoms with Crippen molar-refractivity contribution < 1.29 is 18.7 Å². The lowest BCUT2D eigenvalue weighted by Crippen LogP contribution is -2.44. The van der Waals surface area contributed by atoms with Crippen molar-refractivity contribution in [1.29, 1.82) is 0 Å². The van der Waals surface area contributed by atoms with Crippen LogP contribution in [0.1, 0.15) is 43.4 Å². The molecule has 6 nitrogen and oxygen atoms in total. The summed E-state index contributed by atoms with van der Waals surface area (Å²) in [6.45, 7) is 3.52. The van der Waals surface area contributed by atoms with E-state index in [2.05, 4.69) is 5.10 Å². The highest BCUT2D eigenvalue weighted by molar-refractivity contribution is 6.31. The molecule has 4 rings (SSSR count). The van der Waals surface area contributed by atoms with E-state index in [1.54, 1.807) is 25.1 Å². The van der Waals surface area contributed by atoms with E-state index in [9.17, 15) is 14.0 Å². The first-order chi connectivity index (χ1) is 16.0. The second-order valence-corrected chi connectivity index (χ2v) is 8.77. The third kappa shape index (κ3) is 5.42. The lowest BCUT2D eigenvalue weighted by molar-refractivity contribution is -0.150. The molecule has 33 heavy (non-hydrogen) atoms. The Morgan fingerprint density at radius 1 is 1.18 bits per heavy atom. The Morgan fingerprint density at radius 2 is 1.94 bits per heavy atom. The summed E-state index contributed by atoms with van der Waals surface area (Å²) in [6.07, 6.45) is 2.07. The Labute approximate surface area is 198 Å². The van der Waals surface area contributed by atoms with Crippen LogP contribution in [0.3, 0.4) is 0 Å². The van der Waals surface area contributed by atoms with Gasteiger partial charge in [0.25, 0.3) is 5.91 Å². The maximum absolute atomic E-state index is 13.4. The van der Waals surface area contributed by atoms with Gasteiger partial charge in [0.05, 0.1) is 30.8 Å². The van der Waals surface area contributed by atoms with Gasteiger partial charge >= 0.3 is 5.97 Å². The van der Waals surface area contributed by atoms with Gasteiger partial charge in [-0.25, -0.2) is 9.40 Å². The van der Waals surface area contributed by atoms with E-state index in [4.69, 9.17) is 16.3 Å². The molecule has 0 N–H and O–H groups in total. The Morgan fingerprint density at radius 3 is 2.67 bits per heavy atom. The zero-order valence-corrected chi connectivity index (χ0v) is 19.3. The zero-order valence-electron chi connectivity index (χ0n) is 18.5. The maximum Gasteiger partial charge on any atom is 0.310 e. The fourth-order valence-electron chi connectivity index (χ4n) is 4.46. The highest BCUT2D eigenvalue weighted by Crippen LogP contribution is 2.36. The topological polar surface area (TPSA) is 62.2 Å². The number of amides is 1. The van der Waals surface area contributed by atoms with Gasteiger partial charge in [-0.05, 0) is 55.6 Å². The van der Waals surface area contributed by atoms with Crippen LogP contribution in [0.15, 0.2) is 53.6 Å². The summed E-state index contributed by atoms with van der Waals surface area (Å²) >= 11 is 6.46. The second kappa shape index (κ2) is 10.4. The van der Waals surface area contributed by atoms with Crippen LogP contribution in [-0.4, -0.2) is 53.7 Å². The Kier molecular flexibility index (Phi) is 7.40. The molecular formula is C25H27ClFN3O3. The molecular weight excluding hydrogens is 445 g/mol. The number of halogens is 2. The fourth-order valence-corrected chi connectivity index (χ4v) is 4.72. The minimum atomic E-state index is -0.350. The highest BCUT2D eigenvalue weighted by atomic mass is 35.5. The van der Waals surface area contributed by atoms with E-state index in [0.29, 0.717) is 30.3 Å². The van der Waals surface area contributed by atoms with Gasteiger partial charge in [0.2, 0.25) is 0 Å². The van der Waals surface area contributed by atoms with Crippen molar-refractivity contribution in [3.8, 4) is 0 Å². The zero-order chi connectivity index (χ0) is 23.4. The van der Waals surface area contributed by atoms with E-state index >= 15 is 0 Å². The number of carbonyl (C=O) groups excluding carboxylic acids is 2. The summed E-state index contributed by atoms with van der Waals surface area (Å²) in [4.78, 5) is 27.6. The van der Waals surface area contributed by atoms with Gasteiger partial charge < -0.3 is 4.74 Å². The van der Waals surface area contributed by atoms with Crippen LogP contribution in [0, 0.1) is 11.7 Å². The van der Waals surface area contributed by atoms with Crippen molar-refractivity contribution in [3.05, 3.63) is 70.5 Å². The molecule has 1 saturated heterocycles. The van der Waals surface area contributed by atoms with Crippen LogP contribution < -0.4 is 0 Å². The molecule has 0 spiro atoms. The molecule has 0 aliphatic carbocycles. The molecule has 0 bridgehead atoms. The summed E-state index contributed by atoms with van der Waals surface area (Å²) in [6, 6.07) is 13.2. The van der Waals surface area contributed by atoms with Crippen molar-refractivity contribution in [2.45, 2.75) is 32.2 Å².